The minimum absolute atomic E-state index is 0.461. The van der Waals surface area contributed by atoms with Gasteiger partial charge in [-0.2, -0.15) is 11.3 Å². The number of benzene rings is 2. The molecule has 108 valence electrons. The lowest BCUT2D eigenvalue weighted by molar-refractivity contribution is 0.175. The summed E-state index contributed by atoms with van der Waals surface area (Å²) in [6, 6.07) is 16.5. The molecule has 21 heavy (non-hydrogen) atoms. The molecule has 0 fully saturated rings. The topological polar surface area (TPSA) is 32.3 Å². The molecule has 3 rings (SSSR count). The number of nitrogens with one attached hydrogen (secondary N) is 1. The Bertz CT molecular complexity index is 693. The Morgan fingerprint density at radius 1 is 1.05 bits per heavy atom. The number of aliphatic hydroxyl groups excluding tert-OH is 1. The Morgan fingerprint density at radius 2 is 1.90 bits per heavy atom. The minimum atomic E-state index is -0.461. The number of hydrogen-bond acceptors (Lipinski definition) is 3. The van der Waals surface area contributed by atoms with Crippen LogP contribution in [0.2, 0.25) is 0 Å². The van der Waals surface area contributed by atoms with Crippen LogP contribution < -0.4 is 5.32 Å². The molecule has 1 heterocycles. The van der Waals surface area contributed by atoms with Gasteiger partial charge in [0.1, 0.15) is 0 Å². The van der Waals surface area contributed by atoms with Gasteiger partial charge >= 0.3 is 0 Å². The van der Waals surface area contributed by atoms with Crippen LogP contribution in [0.1, 0.15) is 17.2 Å². The van der Waals surface area contributed by atoms with Crippen LogP contribution in [-0.2, 0) is 6.42 Å². The Balaban J connectivity index is 1.55. The van der Waals surface area contributed by atoms with Crippen LogP contribution in [-0.4, -0.2) is 18.2 Å². The molecular weight excluding hydrogens is 278 g/mol. The van der Waals surface area contributed by atoms with E-state index in [1.807, 2.05) is 18.2 Å². The molecule has 0 aliphatic rings. The van der Waals surface area contributed by atoms with Crippen LogP contribution in [0.5, 0.6) is 0 Å². The van der Waals surface area contributed by atoms with Crippen molar-refractivity contribution in [2.75, 3.05) is 13.1 Å². The molecule has 0 saturated carbocycles. The summed E-state index contributed by atoms with van der Waals surface area (Å²) >= 11 is 1.72. The SMILES string of the molecule is OC(CNCCc1ccsc1)c1ccc2ccccc2c1. The molecule has 2 aromatic carbocycles. The number of hydrogen-bond donors (Lipinski definition) is 2. The quantitative estimate of drug-likeness (QED) is 0.679. The van der Waals surface area contributed by atoms with Crippen molar-refractivity contribution in [3.8, 4) is 0 Å². The van der Waals surface area contributed by atoms with Crippen molar-refractivity contribution in [2.24, 2.45) is 0 Å². The van der Waals surface area contributed by atoms with Gasteiger partial charge in [0.05, 0.1) is 6.10 Å². The van der Waals surface area contributed by atoms with Crippen molar-refractivity contribution in [1.82, 2.24) is 5.32 Å². The summed E-state index contributed by atoms with van der Waals surface area (Å²) in [6.07, 6.45) is 0.547. The van der Waals surface area contributed by atoms with Crippen LogP contribution in [0.15, 0.2) is 59.3 Å². The highest BCUT2D eigenvalue weighted by molar-refractivity contribution is 7.07. The number of thiophene rings is 1. The van der Waals surface area contributed by atoms with Crippen LogP contribution in [0.25, 0.3) is 10.8 Å². The van der Waals surface area contributed by atoms with E-state index in [4.69, 9.17) is 0 Å². The molecule has 0 aliphatic heterocycles. The van der Waals surface area contributed by atoms with Gasteiger partial charge in [-0.05, 0) is 57.8 Å². The van der Waals surface area contributed by atoms with Gasteiger partial charge in [0, 0.05) is 6.54 Å². The van der Waals surface area contributed by atoms with Crippen LogP contribution in [0.4, 0.5) is 0 Å². The van der Waals surface area contributed by atoms with E-state index < -0.39 is 6.10 Å². The molecule has 0 bridgehead atoms. The van der Waals surface area contributed by atoms with Crippen molar-refractivity contribution in [2.45, 2.75) is 12.5 Å². The first-order chi connectivity index (χ1) is 10.3. The third-order valence-electron chi connectivity index (χ3n) is 3.67. The zero-order valence-corrected chi connectivity index (χ0v) is 12.6. The van der Waals surface area contributed by atoms with E-state index in [1.54, 1.807) is 11.3 Å². The minimum Gasteiger partial charge on any atom is -0.387 e. The van der Waals surface area contributed by atoms with Gasteiger partial charge in [-0.25, -0.2) is 0 Å². The second kappa shape index (κ2) is 6.85. The molecule has 0 aliphatic carbocycles. The molecule has 3 aromatic rings. The van der Waals surface area contributed by atoms with Crippen molar-refractivity contribution in [3.63, 3.8) is 0 Å². The average Bonchev–Trinajstić information content (AvgIpc) is 3.04. The fraction of sp³-hybridized carbons (Fsp3) is 0.222. The van der Waals surface area contributed by atoms with Crippen LogP contribution >= 0.6 is 11.3 Å². The van der Waals surface area contributed by atoms with Crippen molar-refractivity contribution < 1.29 is 5.11 Å². The molecule has 0 amide bonds. The maximum Gasteiger partial charge on any atom is 0.0914 e. The second-order valence-corrected chi connectivity index (χ2v) is 5.99. The highest BCUT2D eigenvalue weighted by Gasteiger charge is 2.07. The standard InChI is InChI=1S/C18H19NOS/c20-18(12-19-9-7-14-8-10-21-13-14)17-6-5-15-3-1-2-4-16(15)11-17/h1-6,8,10-11,13,18-20H,7,9,12H2. The summed E-state index contributed by atoms with van der Waals surface area (Å²) in [5.74, 6) is 0. The van der Waals surface area contributed by atoms with E-state index in [0.29, 0.717) is 6.54 Å². The van der Waals surface area contributed by atoms with Crippen molar-refractivity contribution in [1.29, 1.82) is 0 Å². The van der Waals surface area contributed by atoms with Gasteiger partial charge in [0.2, 0.25) is 0 Å². The maximum absolute atomic E-state index is 10.3. The molecule has 3 heteroatoms. The molecule has 2 nitrogen and oxygen atoms in total. The second-order valence-electron chi connectivity index (χ2n) is 5.21. The zero-order chi connectivity index (χ0) is 14.5. The van der Waals surface area contributed by atoms with E-state index >= 15 is 0 Å². The Kier molecular flexibility index (Phi) is 4.65. The molecule has 1 atom stereocenters. The third kappa shape index (κ3) is 3.70. The highest BCUT2D eigenvalue weighted by Crippen LogP contribution is 2.20. The number of rotatable bonds is 6. The van der Waals surface area contributed by atoms with Gasteiger partial charge < -0.3 is 10.4 Å². The van der Waals surface area contributed by atoms with Gasteiger partial charge in [0.15, 0.2) is 0 Å². The van der Waals surface area contributed by atoms with E-state index in [0.717, 1.165) is 18.5 Å². The Morgan fingerprint density at radius 3 is 2.71 bits per heavy atom. The molecule has 1 aromatic heterocycles. The molecule has 2 N–H and O–H groups in total. The summed E-state index contributed by atoms with van der Waals surface area (Å²) < 4.78 is 0. The lowest BCUT2D eigenvalue weighted by atomic mass is 10.0. The Labute approximate surface area is 129 Å². The van der Waals surface area contributed by atoms with Gasteiger partial charge in [0.25, 0.3) is 0 Å². The molecule has 0 radical (unpaired) electrons. The van der Waals surface area contributed by atoms with Crippen molar-refractivity contribution in [3.05, 3.63) is 70.4 Å². The smallest absolute Gasteiger partial charge is 0.0914 e. The predicted molar refractivity (Wildman–Crippen MR) is 89.8 cm³/mol. The summed E-state index contributed by atoms with van der Waals surface area (Å²) in [6.45, 7) is 1.48. The molecule has 1 unspecified atom stereocenters. The van der Waals surface area contributed by atoms with E-state index in [9.17, 15) is 5.11 Å². The van der Waals surface area contributed by atoms with Crippen LogP contribution in [0.3, 0.4) is 0 Å². The van der Waals surface area contributed by atoms with E-state index in [2.05, 4.69) is 46.4 Å². The monoisotopic (exact) mass is 297 g/mol. The van der Waals surface area contributed by atoms with Gasteiger partial charge in [-0.3, -0.25) is 0 Å². The third-order valence-corrected chi connectivity index (χ3v) is 4.40. The highest BCUT2D eigenvalue weighted by atomic mass is 32.1. The van der Waals surface area contributed by atoms with Gasteiger partial charge in [-0.1, -0.05) is 36.4 Å². The predicted octanol–water partition coefficient (Wildman–Crippen LogP) is 3.77. The summed E-state index contributed by atoms with van der Waals surface area (Å²) in [5.41, 5.74) is 2.32. The average molecular weight is 297 g/mol. The fourth-order valence-corrected chi connectivity index (χ4v) is 3.14. The lowest BCUT2D eigenvalue weighted by Gasteiger charge is -2.13. The van der Waals surface area contributed by atoms with Gasteiger partial charge in [-0.15, -0.1) is 0 Å². The van der Waals surface area contributed by atoms with Crippen LogP contribution in [0, 0.1) is 0 Å². The van der Waals surface area contributed by atoms with E-state index in [-0.39, 0.29) is 0 Å². The molecule has 0 saturated heterocycles. The number of fused-ring (bicyclic) bond motifs is 1. The van der Waals surface area contributed by atoms with E-state index in [1.165, 1.54) is 16.3 Å². The number of aliphatic hydroxyl groups is 1. The zero-order valence-electron chi connectivity index (χ0n) is 11.8. The first kappa shape index (κ1) is 14.3. The van der Waals surface area contributed by atoms with Crippen molar-refractivity contribution >= 4 is 22.1 Å². The lowest BCUT2D eigenvalue weighted by Crippen LogP contribution is -2.23. The Hall–Kier alpha value is -1.68. The first-order valence-corrected chi connectivity index (χ1v) is 8.16. The molecule has 0 spiro atoms. The normalized spacial score (nSPS) is 12.6. The maximum atomic E-state index is 10.3. The fourth-order valence-electron chi connectivity index (χ4n) is 2.44. The largest absolute Gasteiger partial charge is 0.387 e. The first-order valence-electron chi connectivity index (χ1n) is 7.21. The summed E-state index contributed by atoms with van der Waals surface area (Å²) in [5, 5.41) is 20.2. The molecular formula is C18H19NOS. The summed E-state index contributed by atoms with van der Waals surface area (Å²) in [4.78, 5) is 0. The summed E-state index contributed by atoms with van der Waals surface area (Å²) in [7, 11) is 0.